The number of amides is 2. The van der Waals surface area contributed by atoms with Crippen LogP contribution in [-0.4, -0.2) is 67.9 Å². The zero-order chi connectivity index (χ0) is 23.0. The lowest BCUT2D eigenvalue weighted by atomic mass is 10.1. The summed E-state index contributed by atoms with van der Waals surface area (Å²) in [6, 6.07) is 9.49. The number of carbonyl (C=O) groups excluding carboxylic acids is 4. The third kappa shape index (κ3) is 3.82. The van der Waals surface area contributed by atoms with Gasteiger partial charge in [-0.3, -0.25) is 19.3 Å². The van der Waals surface area contributed by atoms with Gasteiger partial charge in [0.25, 0.3) is 11.8 Å². The summed E-state index contributed by atoms with van der Waals surface area (Å²) in [5.74, 6) is -2.28. The number of hydrogen-bond donors (Lipinski definition) is 0. The van der Waals surface area contributed by atoms with Crippen LogP contribution in [0.4, 0.5) is 0 Å². The minimum Gasteiger partial charge on any atom is -0.454 e. The molecule has 0 N–H and O–H groups in total. The number of hydrogen-bond acceptors (Lipinski definition) is 7. The van der Waals surface area contributed by atoms with Crippen LogP contribution in [0.2, 0.25) is 0 Å². The Morgan fingerprint density at radius 1 is 0.906 bits per heavy atom. The van der Waals surface area contributed by atoms with Crippen LogP contribution in [0.15, 0.2) is 47.4 Å². The van der Waals surface area contributed by atoms with Crippen molar-refractivity contribution in [3.63, 3.8) is 0 Å². The van der Waals surface area contributed by atoms with Crippen molar-refractivity contribution in [3.05, 3.63) is 64.7 Å². The van der Waals surface area contributed by atoms with Crippen molar-refractivity contribution in [3.8, 4) is 0 Å². The van der Waals surface area contributed by atoms with E-state index in [0.29, 0.717) is 13.1 Å². The second kappa shape index (κ2) is 8.29. The molecule has 0 bridgehead atoms. The number of imide groups is 1. The summed E-state index contributed by atoms with van der Waals surface area (Å²) in [5.41, 5.74) is 0.553. The van der Waals surface area contributed by atoms with Crippen molar-refractivity contribution in [2.45, 2.75) is 17.7 Å². The molecule has 166 valence electrons. The summed E-state index contributed by atoms with van der Waals surface area (Å²) in [6.45, 7) is 0.413. The van der Waals surface area contributed by atoms with E-state index >= 15 is 0 Å². The zero-order valence-electron chi connectivity index (χ0n) is 17.2. The lowest BCUT2D eigenvalue weighted by molar-refractivity contribution is 0.0474. The standard InChI is InChI=1S/C22H20N2O7S/c1-23-20(26)17-9-6-15(12-18(17)21(23)27)22(28)31-13-19(25)14-4-7-16(8-5-14)32(29,30)24-10-2-3-11-24/h4-9,12H,2-3,10-11,13H2,1H3. The predicted octanol–water partition coefficient (Wildman–Crippen LogP) is 1.74. The molecule has 0 aromatic heterocycles. The SMILES string of the molecule is CN1C(=O)c2ccc(C(=O)OCC(=O)c3ccc(S(=O)(=O)N4CCCC4)cc3)cc2C1=O. The molecule has 2 amide bonds. The molecule has 9 nitrogen and oxygen atoms in total. The lowest BCUT2D eigenvalue weighted by Crippen LogP contribution is -2.27. The van der Waals surface area contributed by atoms with Crippen LogP contribution in [-0.2, 0) is 14.8 Å². The van der Waals surface area contributed by atoms with Crippen molar-refractivity contribution >= 4 is 33.6 Å². The topological polar surface area (TPSA) is 118 Å². The molecule has 2 aliphatic heterocycles. The van der Waals surface area contributed by atoms with E-state index in [1.165, 1.54) is 53.8 Å². The molecule has 32 heavy (non-hydrogen) atoms. The summed E-state index contributed by atoms with van der Waals surface area (Å²) >= 11 is 0. The maximum atomic E-state index is 12.6. The molecule has 2 heterocycles. The molecule has 10 heteroatoms. The number of ketones is 1. The molecule has 0 spiro atoms. The average molecular weight is 456 g/mol. The summed E-state index contributed by atoms with van der Waals surface area (Å²) in [4.78, 5) is 49.7. The molecule has 0 atom stereocenters. The van der Waals surface area contributed by atoms with Crippen LogP contribution in [0.3, 0.4) is 0 Å². The Morgan fingerprint density at radius 3 is 2.16 bits per heavy atom. The molecule has 2 aromatic carbocycles. The Balaban J connectivity index is 1.40. The first-order valence-electron chi connectivity index (χ1n) is 9.97. The van der Waals surface area contributed by atoms with E-state index < -0.39 is 40.2 Å². The van der Waals surface area contributed by atoms with Crippen molar-refractivity contribution in [2.24, 2.45) is 0 Å². The molecule has 2 aromatic rings. The summed E-state index contributed by atoms with van der Waals surface area (Å²) in [6.07, 6.45) is 1.65. The van der Waals surface area contributed by atoms with Gasteiger partial charge in [0.05, 0.1) is 21.6 Å². The van der Waals surface area contributed by atoms with Crippen LogP contribution < -0.4 is 0 Å². The highest BCUT2D eigenvalue weighted by atomic mass is 32.2. The average Bonchev–Trinajstić information content (AvgIpc) is 3.42. The first kappa shape index (κ1) is 21.8. The molecule has 0 aliphatic carbocycles. The molecule has 0 unspecified atom stereocenters. The summed E-state index contributed by atoms with van der Waals surface area (Å²) in [7, 11) is -2.23. The highest BCUT2D eigenvalue weighted by Gasteiger charge is 2.33. The number of fused-ring (bicyclic) bond motifs is 1. The monoisotopic (exact) mass is 456 g/mol. The summed E-state index contributed by atoms with van der Waals surface area (Å²) < 4.78 is 31.6. The fourth-order valence-corrected chi connectivity index (χ4v) is 5.19. The fourth-order valence-electron chi connectivity index (χ4n) is 3.68. The van der Waals surface area contributed by atoms with E-state index in [4.69, 9.17) is 4.74 Å². The van der Waals surface area contributed by atoms with Crippen LogP contribution in [0.25, 0.3) is 0 Å². The van der Waals surface area contributed by atoms with E-state index in [2.05, 4.69) is 0 Å². The number of carbonyl (C=O) groups is 4. The highest BCUT2D eigenvalue weighted by molar-refractivity contribution is 7.89. The molecule has 4 rings (SSSR count). The quantitative estimate of drug-likeness (QED) is 0.369. The molecule has 0 saturated carbocycles. The van der Waals surface area contributed by atoms with Crippen molar-refractivity contribution in [1.29, 1.82) is 0 Å². The van der Waals surface area contributed by atoms with Gasteiger partial charge in [-0.1, -0.05) is 0 Å². The third-order valence-corrected chi connectivity index (χ3v) is 7.45. The van der Waals surface area contributed by atoms with Gasteiger partial charge in [0.1, 0.15) is 0 Å². The van der Waals surface area contributed by atoms with Crippen LogP contribution in [0.1, 0.15) is 54.3 Å². The van der Waals surface area contributed by atoms with Gasteiger partial charge in [-0.25, -0.2) is 13.2 Å². The van der Waals surface area contributed by atoms with Crippen LogP contribution in [0, 0.1) is 0 Å². The van der Waals surface area contributed by atoms with Gasteiger partial charge >= 0.3 is 5.97 Å². The Morgan fingerprint density at radius 2 is 1.50 bits per heavy atom. The minimum absolute atomic E-state index is 0.0417. The van der Waals surface area contributed by atoms with E-state index in [0.717, 1.165) is 17.7 Å². The number of benzene rings is 2. The number of Topliss-reactive ketones (excluding diaryl/α,β-unsaturated/α-hetero) is 1. The molecule has 0 radical (unpaired) electrons. The lowest BCUT2D eigenvalue weighted by Gasteiger charge is -2.15. The van der Waals surface area contributed by atoms with E-state index in [1.807, 2.05) is 0 Å². The van der Waals surface area contributed by atoms with Gasteiger partial charge in [-0.15, -0.1) is 0 Å². The van der Waals surface area contributed by atoms with Gasteiger partial charge in [-0.2, -0.15) is 4.31 Å². The fraction of sp³-hybridized carbons (Fsp3) is 0.273. The Labute approximate surface area is 184 Å². The maximum absolute atomic E-state index is 12.6. The highest BCUT2D eigenvalue weighted by Crippen LogP contribution is 2.23. The predicted molar refractivity (Wildman–Crippen MR) is 112 cm³/mol. The normalized spacial score (nSPS) is 16.3. The molecule has 1 fully saturated rings. The van der Waals surface area contributed by atoms with Crippen LogP contribution in [0.5, 0.6) is 0 Å². The van der Waals surface area contributed by atoms with Crippen molar-refractivity contribution in [2.75, 3.05) is 26.7 Å². The molecule has 2 aliphatic rings. The van der Waals surface area contributed by atoms with Crippen molar-refractivity contribution < 1.29 is 32.3 Å². The molecule has 1 saturated heterocycles. The Bertz CT molecular complexity index is 1230. The second-order valence-corrected chi connectivity index (χ2v) is 9.50. The van der Waals surface area contributed by atoms with Gasteiger partial charge in [0.15, 0.2) is 12.4 Å². The number of ether oxygens (including phenoxy) is 1. The first-order chi connectivity index (χ1) is 15.2. The van der Waals surface area contributed by atoms with Gasteiger partial charge < -0.3 is 4.74 Å². The molecular weight excluding hydrogens is 436 g/mol. The first-order valence-corrected chi connectivity index (χ1v) is 11.4. The summed E-state index contributed by atoms with van der Waals surface area (Å²) in [5, 5.41) is 0. The van der Waals surface area contributed by atoms with Gasteiger partial charge in [0.2, 0.25) is 10.0 Å². The smallest absolute Gasteiger partial charge is 0.338 e. The number of nitrogens with zero attached hydrogens (tertiary/aromatic N) is 2. The zero-order valence-corrected chi connectivity index (χ0v) is 18.1. The number of sulfonamides is 1. The van der Waals surface area contributed by atoms with Crippen molar-refractivity contribution in [1.82, 2.24) is 9.21 Å². The number of rotatable bonds is 6. The van der Waals surface area contributed by atoms with Gasteiger partial charge in [0, 0.05) is 25.7 Å². The van der Waals surface area contributed by atoms with E-state index in [1.54, 1.807) is 0 Å². The number of esters is 1. The minimum atomic E-state index is -3.58. The Hall–Kier alpha value is -3.37. The van der Waals surface area contributed by atoms with Gasteiger partial charge in [-0.05, 0) is 55.3 Å². The van der Waals surface area contributed by atoms with E-state index in [-0.39, 0.29) is 27.1 Å². The molecular formula is C22H20N2O7S. The van der Waals surface area contributed by atoms with E-state index in [9.17, 15) is 27.6 Å². The third-order valence-electron chi connectivity index (χ3n) is 5.54. The second-order valence-electron chi connectivity index (χ2n) is 7.56. The largest absolute Gasteiger partial charge is 0.454 e. The Kier molecular flexibility index (Phi) is 5.66. The maximum Gasteiger partial charge on any atom is 0.338 e. The van der Waals surface area contributed by atoms with Crippen LogP contribution >= 0.6 is 0 Å².